The number of halogens is 3. The maximum atomic E-state index is 12.8. The molecule has 2 atom stereocenters. The fourth-order valence-electron chi connectivity index (χ4n) is 3.47. The number of anilines is 1. The summed E-state index contributed by atoms with van der Waals surface area (Å²) in [4.78, 5) is 0. The summed E-state index contributed by atoms with van der Waals surface area (Å²) in [7, 11) is 0. The van der Waals surface area contributed by atoms with Gasteiger partial charge < -0.3 is 20.3 Å². The van der Waals surface area contributed by atoms with Crippen LogP contribution in [0.25, 0.3) is 22.0 Å². The van der Waals surface area contributed by atoms with Gasteiger partial charge in [-0.25, -0.2) is 0 Å². The molecule has 0 aliphatic carbocycles. The number of ether oxygens (including phenoxy) is 1. The van der Waals surface area contributed by atoms with Gasteiger partial charge in [0.2, 0.25) is 0 Å². The second-order valence-electron chi connectivity index (χ2n) is 7.32. The van der Waals surface area contributed by atoms with E-state index in [4.69, 9.17) is 4.74 Å². The van der Waals surface area contributed by atoms with E-state index in [1.165, 1.54) is 12.1 Å². The van der Waals surface area contributed by atoms with Crippen LogP contribution < -0.4 is 34.9 Å². The van der Waals surface area contributed by atoms with Crippen LogP contribution in [0.2, 0.25) is 0 Å². The third-order valence-corrected chi connectivity index (χ3v) is 5.31. The third-order valence-electron chi connectivity index (χ3n) is 5.31. The average Bonchev–Trinajstić information content (AvgIpc) is 2.74. The van der Waals surface area contributed by atoms with Crippen molar-refractivity contribution in [1.82, 2.24) is 10.2 Å². The Morgan fingerprint density at radius 1 is 1.06 bits per heavy atom. The summed E-state index contributed by atoms with van der Waals surface area (Å²) in [6.07, 6.45) is -5.16. The molecule has 0 amide bonds. The van der Waals surface area contributed by atoms with Crippen LogP contribution in [0.1, 0.15) is 12.0 Å². The van der Waals surface area contributed by atoms with E-state index in [1.54, 1.807) is 12.1 Å². The van der Waals surface area contributed by atoms with Crippen molar-refractivity contribution in [2.75, 3.05) is 25.1 Å². The summed E-state index contributed by atoms with van der Waals surface area (Å²) in [6.45, 7) is 0.446. The number of alkyl halides is 3. The predicted octanol–water partition coefficient (Wildman–Crippen LogP) is -1.21. The summed E-state index contributed by atoms with van der Waals surface area (Å²) >= 11 is 0. The smallest absolute Gasteiger partial charge is 0.388 e. The monoisotopic (exact) mass is 457 g/mol. The maximum absolute atomic E-state index is 12.8. The summed E-state index contributed by atoms with van der Waals surface area (Å²) in [5, 5.41) is 33.6. The molecule has 0 unspecified atom stereocenters. The molecule has 1 aromatic heterocycles. The molecule has 32 heavy (non-hydrogen) atoms. The van der Waals surface area contributed by atoms with Gasteiger partial charge in [-0.05, 0) is 12.1 Å². The minimum Gasteiger partial charge on any atom is -0.388 e. The number of rotatable bonds is 4. The summed E-state index contributed by atoms with van der Waals surface area (Å²) < 4.78 is 43.7. The maximum Gasteiger partial charge on any atom is 1.00 e. The molecule has 11 heteroatoms. The van der Waals surface area contributed by atoms with Crippen molar-refractivity contribution in [3.63, 3.8) is 0 Å². The van der Waals surface area contributed by atoms with Gasteiger partial charge in [-0.3, -0.25) is 0 Å². The molecule has 166 valence electrons. The van der Waals surface area contributed by atoms with Crippen LogP contribution in [-0.2, 0) is 10.9 Å². The van der Waals surface area contributed by atoms with E-state index in [9.17, 15) is 23.4 Å². The van der Waals surface area contributed by atoms with Crippen molar-refractivity contribution in [1.29, 1.82) is 0 Å². The number of hydrogen-bond acceptors (Lipinski definition) is 6. The fraction of sp³-hybridized carbons (Fsp3) is 0.333. The number of aromatic nitrogens is 2. The molecule has 1 saturated heterocycles. The molecule has 3 N–H and O–H groups in total. The number of benzene rings is 2. The van der Waals surface area contributed by atoms with Crippen LogP contribution in [0.4, 0.5) is 19.0 Å². The molecule has 1 aliphatic heterocycles. The molecule has 6 nitrogen and oxygen atoms in total. The number of fused-ring (bicyclic) bond motifs is 1. The molecule has 1 fully saturated rings. The van der Waals surface area contributed by atoms with Gasteiger partial charge >= 0.3 is 35.7 Å². The van der Waals surface area contributed by atoms with Gasteiger partial charge in [0, 0.05) is 35.9 Å². The molecule has 1 aliphatic rings. The zero-order chi connectivity index (χ0) is 21.4. The first-order valence-corrected chi connectivity index (χ1v) is 9.43. The number of nitrogens with zero attached hydrogens (tertiary/aromatic N) is 2. The quantitative estimate of drug-likeness (QED) is 0.427. The Morgan fingerprint density at radius 2 is 1.72 bits per heavy atom. The molecular weight excluding hydrogens is 433 g/mol. The van der Waals surface area contributed by atoms with E-state index in [0.717, 1.165) is 12.1 Å². The molecular formula is C21H24BF3N3NaO3. The Bertz CT molecular complexity index is 1060. The van der Waals surface area contributed by atoms with E-state index in [1.807, 2.05) is 12.1 Å². The third kappa shape index (κ3) is 5.44. The first-order valence-electron chi connectivity index (χ1n) is 9.43. The minimum absolute atomic E-state index is 0. The van der Waals surface area contributed by atoms with E-state index in [0.29, 0.717) is 34.5 Å². The molecule has 2 heterocycles. The summed E-state index contributed by atoms with van der Waals surface area (Å²) in [5.74, 6) is 0.411. The van der Waals surface area contributed by atoms with Crippen LogP contribution in [0.15, 0.2) is 48.5 Å². The number of hydrogen-bond donors (Lipinski definition) is 3. The average molecular weight is 457 g/mol. The topological polar surface area (TPSA) is 87.5 Å². The first-order chi connectivity index (χ1) is 14.3. The van der Waals surface area contributed by atoms with E-state index >= 15 is 0 Å². The predicted molar refractivity (Wildman–Crippen MR) is 116 cm³/mol. The Balaban J connectivity index is 0.00000181. The molecule has 3 aromatic rings. The Hall–Kier alpha value is -1.69. The molecule has 0 radical (unpaired) electrons. The first kappa shape index (κ1) is 26.6. The zero-order valence-corrected chi connectivity index (χ0v) is 18.9. The largest absolute Gasteiger partial charge is 1.00 e. The van der Waals surface area contributed by atoms with Gasteiger partial charge in [0.25, 0.3) is 0 Å². The summed E-state index contributed by atoms with van der Waals surface area (Å²) in [6, 6.07) is 12.0. The Labute approximate surface area is 207 Å². The van der Waals surface area contributed by atoms with Gasteiger partial charge in [0.05, 0.1) is 12.2 Å². The zero-order valence-electron chi connectivity index (χ0n) is 16.9. The van der Waals surface area contributed by atoms with Crippen molar-refractivity contribution >= 4 is 25.0 Å². The second-order valence-corrected chi connectivity index (χ2v) is 7.32. The minimum atomic E-state index is -4.41. The van der Waals surface area contributed by atoms with E-state index in [2.05, 4.69) is 15.5 Å². The van der Waals surface area contributed by atoms with Crippen molar-refractivity contribution in [2.24, 2.45) is 0 Å². The summed E-state index contributed by atoms with van der Waals surface area (Å²) in [5.41, 5.74) is -1.12. The number of aliphatic hydroxyl groups is 2. The van der Waals surface area contributed by atoms with Gasteiger partial charge in [0.15, 0.2) is 5.82 Å². The van der Waals surface area contributed by atoms with Crippen molar-refractivity contribution in [3.05, 3.63) is 54.1 Å². The van der Waals surface area contributed by atoms with Gasteiger partial charge in [-0.2, -0.15) is 13.2 Å². The van der Waals surface area contributed by atoms with Gasteiger partial charge in [0.1, 0.15) is 17.4 Å². The van der Waals surface area contributed by atoms with Crippen molar-refractivity contribution < 1.29 is 57.7 Å². The normalized spacial score (nSPS) is 20.8. The second kappa shape index (κ2) is 10.5. The van der Waals surface area contributed by atoms with Crippen LogP contribution >= 0.6 is 0 Å². The number of nitrogens with one attached hydrogen (secondary N) is 1. The molecule has 4 rings (SSSR count). The Morgan fingerprint density at radius 3 is 2.34 bits per heavy atom. The molecule has 0 saturated carbocycles. The standard InChI is InChI=1S/C21H20F3N3O3.BH4.Na/c22-21(23,24)14-7-5-13(6-8-14)18-15-3-1-2-4-16(15)19(27-26-18)25-12-20(29)9-10-30-11-17(20)28;;/h1-8,17,28-29H,9-12H2,(H,25,27);1H4;/q;-1;+1/t17-,20+;;/m1../s1. The molecule has 0 bridgehead atoms. The van der Waals surface area contributed by atoms with Crippen LogP contribution in [0.5, 0.6) is 0 Å². The Kier molecular flexibility index (Phi) is 8.72. The van der Waals surface area contributed by atoms with E-state index < -0.39 is 23.4 Å². The fourth-order valence-corrected chi connectivity index (χ4v) is 3.47. The van der Waals surface area contributed by atoms with Crippen LogP contribution in [0, 0.1) is 0 Å². The van der Waals surface area contributed by atoms with Gasteiger partial charge in [-0.15, -0.1) is 10.2 Å². The molecule has 0 spiro atoms. The van der Waals surface area contributed by atoms with Crippen LogP contribution in [0.3, 0.4) is 0 Å². The number of aliphatic hydroxyl groups excluding tert-OH is 1. The molecule has 2 aromatic carbocycles. The van der Waals surface area contributed by atoms with Crippen molar-refractivity contribution in [3.8, 4) is 11.3 Å². The van der Waals surface area contributed by atoms with Crippen molar-refractivity contribution in [2.45, 2.75) is 24.3 Å². The van der Waals surface area contributed by atoms with Gasteiger partial charge in [-0.1, -0.05) is 44.8 Å². The van der Waals surface area contributed by atoms with E-state index in [-0.39, 0.29) is 57.5 Å². The SMILES string of the molecule is O[C@@H]1COCC[C@]1(O)CNc1nnc(-c2ccc(C(F)(F)F)cc2)c2ccccc12.[BH4-].[Na+]. The van der Waals surface area contributed by atoms with Crippen LogP contribution in [-0.4, -0.2) is 60.3 Å².